The van der Waals surface area contributed by atoms with Crippen LogP contribution in [0.3, 0.4) is 0 Å². The molecule has 0 spiro atoms. The lowest BCUT2D eigenvalue weighted by molar-refractivity contribution is 0.329. The van der Waals surface area contributed by atoms with E-state index >= 15 is 0 Å². The zero-order valence-corrected chi connectivity index (χ0v) is 11.6. The van der Waals surface area contributed by atoms with Crippen molar-refractivity contribution < 1.29 is 4.43 Å². The van der Waals surface area contributed by atoms with Crippen LogP contribution in [0.5, 0.6) is 0 Å². The average molecular weight is 234 g/mol. The van der Waals surface area contributed by atoms with Gasteiger partial charge in [-0.05, 0) is 43.6 Å². The van der Waals surface area contributed by atoms with E-state index in [-0.39, 0.29) is 0 Å². The third-order valence-corrected chi connectivity index (χ3v) is 5.33. The van der Waals surface area contributed by atoms with Crippen LogP contribution in [0.15, 0.2) is 30.8 Å². The highest BCUT2D eigenvalue weighted by molar-refractivity contribution is 6.71. The van der Waals surface area contributed by atoms with Gasteiger partial charge in [-0.2, -0.15) is 0 Å². The van der Waals surface area contributed by atoms with E-state index in [1.165, 1.54) is 17.2 Å². The van der Waals surface area contributed by atoms with Gasteiger partial charge in [-0.15, -0.1) is 0 Å². The fraction of sp³-hybridized carbons (Fsp3) is 0.429. The molecule has 1 rings (SSSR count). The van der Waals surface area contributed by atoms with E-state index in [9.17, 15) is 0 Å². The van der Waals surface area contributed by atoms with Crippen molar-refractivity contribution in [2.45, 2.75) is 32.5 Å². The Kier molecular flexibility index (Phi) is 4.96. The van der Waals surface area contributed by atoms with Crippen LogP contribution in [-0.4, -0.2) is 14.9 Å². The minimum absolute atomic E-state index is 0.836. The van der Waals surface area contributed by atoms with E-state index in [0.717, 1.165) is 13.0 Å². The summed E-state index contributed by atoms with van der Waals surface area (Å²) in [6, 6.07) is 9.64. The Morgan fingerprint density at radius 1 is 1.31 bits per heavy atom. The quantitative estimate of drug-likeness (QED) is 0.673. The zero-order chi connectivity index (χ0) is 12.0. The van der Waals surface area contributed by atoms with E-state index in [1.807, 2.05) is 6.08 Å². The van der Waals surface area contributed by atoms with Gasteiger partial charge in [0.25, 0.3) is 0 Å². The second-order valence-corrected chi connectivity index (χ2v) is 8.90. The Bertz CT molecular complexity index is 344. The van der Waals surface area contributed by atoms with Crippen molar-refractivity contribution in [3.63, 3.8) is 0 Å². The largest absolute Gasteiger partial charge is 0.418 e. The molecule has 0 fully saturated rings. The third kappa shape index (κ3) is 3.95. The molecular weight excluding hydrogens is 212 g/mol. The summed E-state index contributed by atoms with van der Waals surface area (Å²) in [6.07, 6.45) is 3.03. The molecule has 0 bridgehead atoms. The first-order valence-corrected chi connectivity index (χ1v) is 9.05. The molecule has 0 unspecified atom stereocenters. The van der Waals surface area contributed by atoms with Crippen LogP contribution >= 0.6 is 0 Å². The van der Waals surface area contributed by atoms with Gasteiger partial charge < -0.3 is 4.43 Å². The molecule has 16 heavy (non-hydrogen) atoms. The van der Waals surface area contributed by atoms with Crippen LogP contribution in [-0.2, 0) is 10.8 Å². The van der Waals surface area contributed by atoms with E-state index in [0.29, 0.717) is 0 Å². The van der Waals surface area contributed by atoms with Crippen LogP contribution in [0.25, 0.3) is 6.08 Å². The third-order valence-electron chi connectivity index (χ3n) is 2.81. The van der Waals surface area contributed by atoms with Crippen molar-refractivity contribution >= 4 is 14.4 Å². The zero-order valence-electron chi connectivity index (χ0n) is 10.6. The van der Waals surface area contributed by atoms with Gasteiger partial charge in [0.2, 0.25) is 0 Å². The summed E-state index contributed by atoms with van der Waals surface area (Å²) >= 11 is 0. The molecule has 0 saturated carbocycles. The first-order valence-electron chi connectivity index (χ1n) is 5.93. The molecular formula is C14H22OSi. The summed E-state index contributed by atoms with van der Waals surface area (Å²) in [6.45, 7) is 11.3. The first kappa shape index (κ1) is 13.2. The molecule has 2 heteroatoms. The normalized spacial score (nSPS) is 11.4. The molecule has 1 nitrogen and oxygen atoms in total. The van der Waals surface area contributed by atoms with Crippen molar-refractivity contribution in [1.82, 2.24) is 0 Å². The van der Waals surface area contributed by atoms with Gasteiger partial charge in [0, 0.05) is 6.61 Å². The monoisotopic (exact) mass is 234 g/mol. The average Bonchev–Trinajstić information content (AvgIpc) is 2.27. The van der Waals surface area contributed by atoms with Crippen molar-refractivity contribution in [2.24, 2.45) is 0 Å². The number of hydrogen-bond acceptors (Lipinski definition) is 1. The number of hydrogen-bond donors (Lipinski definition) is 0. The molecule has 1 aromatic rings. The highest BCUT2D eigenvalue weighted by Crippen LogP contribution is 2.18. The highest BCUT2D eigenvalue weighted by atomic mass is 28.4. The predicted molar refractivity (Wildman–Crippen MR) is 74.2 cm³/mol. The minimum Gasteiger partial charge on any atom is -0.418 e. The highest BCUT2D eigenvalue weighted by Gasteiger charge is 2.21. The van der Waals surface area contributed by atoms with Crippen molar-refractivity contribution in [3.8, 4) is 0 Å². The number of benzene rings is 1. The summed E-state index contributed by atoms with van der Waals surface area (Å²) < 4.78 is 5.84. The molecule has 1 aromatic carbocycles. The van der Waals surface area contributed by atoms with E-state index in [2.05, 4.69) is 50.9 Å². The molecule has 0 radical (unpaired) electrons. The fourth-order valence-electron chi connectivity index (χ4n) is 1.86. The lowest BCUT2D eigenvalue weighted by Gasteiger charge is -2.22. The van der Waals surface area contributed by atoms with Gasteiger partial charge in [0.15, 0.2) is 8.32 Å². The first-order chi connectivity index (χ1) is 7.59. The molecule has 0 aliphatic carbocycles. The molecule has 0 aliphatic heterocycles. The topological polar surface area (TPSA) is 9.23 Å². The Morgan fingerprint density at radius 2 is 2.00 bits per heavy atom. The van der Waals surface area contributed by atoms with E-state index in [4.69, 9.17) is 4.43 Å². The van der Waals surface area contributed by atoms with E-state index < -0.39 is 8.32 Å². The maximum Gasteiger partial charge on any atom is 0.187 e. The standard InChI is InChI=1S/C14H22OSi/c1-5-13-9-7-8-10-14(13)11-12-16(3,4)15-6-2/h5,7-10H,1,6,11-12H2,2-4H3. The van der Waals surface area contributed by atoms with Crippen LogP contribution < -0.4 is 0 Å². The van der Waals surface area contributed by atoms with Gasteiger partial charge in [-0.3, -0.25) is 0 Å². The van der Waals surface area contributed by atoms with Crippen LogP contribution in [0.2, 0.25) is 19.1 Å². The van der Waals surface area contributed by atoms with Gasteiger partial charge >= 0.3 is 0 Å². The molecule has 88 valence electrons. The molecule has 0 aromatic heterocycles. The fourth-order valence-corrected chi connectivity index (χ4v) is 3.66. The smallest absolute Gasteiger partial charge is 0.187 e. The minimum atomic E-state index is -1.46. The summed E-state index contributed by atoms with van der Waals surface area (Å²) in [4.78, 5) is 0. The number of rotatable bonds is 6. The van der Waals surface area contributed by atoms with Gasteiger partial charge in [-0.25, -0.2) is 0 Å². The molecule has 0 aliphatic rings. The van der Waals surface area contributed by atoms with Gasteiger partial charge in [0.05, 0.1) is 0 Å². The Hall–Kier alpha value is -0.863. The van der Waals surface area contributed by atoms with Crippen molar-refractivity contribution in [2.75, 3.05) is 6.61 Å². The summed E-state index contributed by atoms with van der Waals surface area (Å²) in [7, 11) is -1.46. The summed E-state index contributed by atoms with van der Waals surface area (Å²) in [5, 5.41) is 0. The van der Waals surface area contributed by atoms with Gasteiger partial charge in [-0.1, -0.05) is 36.9 Å². The van der Waals surface area contributed by atoms with Crippen molar-refractivity contribution in [1.29, 1.82) is 0 Å². The van der Waals surface area contributed by atoms with Crippen LogP contribution in [0.4, 0.5) is 0 Å². The molecule has 0 amide bonds. The van der Waals surface area contributed by atoms with Crippen LogP contribution in [0, 0.1) is 0 Å². The predicted octanol–water partition coefficient (Wildman–Crippen LogP) is 4.11. The number of aryl methyl sites for hydroxylation is 1. The molecule has 0 N–H and O–H groups in total. The Morgan fingerprint density at radius 3 is 2.62 bits per heavy atom. The lowest BCUT2D eigenvalue weighted by atomic mass is 10.1. The lowest BCUT2D eigenvalue weighted by Crippen LogP contribution is -2.30. The van der Waals surface area contributed by atoms with Crippen LogP contribution in [0.1, 0.15) is 18.1 Å². The summed E-state index contributed by atoms with van der Waals surface area (Å²) in [5.74, 6) is 0. The Labute approximate surface area is 100 Å². The van der Waals surface area contributed by atoms with Gasteiger partial charge in [0.1, 0.15) is 0 Å². The molecule has 0 heterocycles. The summed E-state index contributed by atoms with van der Waals surface area (Å²) in [5.41, 5.74) is 2.64. The van der Waals surface area contributed by atoms with Crippen molar-refractivity contribution in [3.05, 3.63) is 42.0 Å². The molecule has 0 atom stereocenters. The second kappa shape index (κ2) is 6.02. The second-order valence-electron chi connectivity index (χ2n) is 4.60. The molecule has 0 saturated heterocycles. The maximum atomic E-state index is 5.84. The Balaban J connectivity index is 2.63. The maximum absolute atomic E-state index is 5.84. The SMILES string of the molecule is C=Cc1ccccc1CC[Si](C)(C)OCC. The van der Waals surface area contributed by atoms with E-state index in [1.54, 1.807) is 0 Å².